The Morgan fingerprint density at radius 3 is 2.45 bits per heavy atom. The molecule has 0 aromatic heterocycles. The Morgan fingerprint density at radius 1 is 1.20 bits per heavy atom. The van der Waals surface area contributed by atoms with Crippen molar-refractivity contribution in [3.05, 3.63) is 34.3 Å². The highest BCUT2D eigenvalue weighted by molar-refractivity contribution is 9.10. The van der Waals surface area contributed by atoms with Crippen molar-refractivity contribution < 1.29 is 4.79 Å². The van der Waals surface area contributed by atoms with Crippen LogP contribution in [0, 0.1) is 0 Å². The number of hydrogen-bond donors (Lipinski definition) is 0. The molecule has 0 heterocycles. The monoisotopic (exact) mass is 357 g/mol. The molecule has 0 aliphatic heterocycles. The van der Waals surface area contributed by atoms with Gasteiger partial charge in [0.05, 0.1) is 6.42 Å². The first-order chi connectivity index (χ1) is 9.70. The lowest BCUT2D eigenvalue weighted by atomic mass is 9.93. The third-order valence-corrected chi connectivity index (χ3v) is 4.63. The first kappa shape index (κ1) is 15.8. The molecule has 110 valence electrons. The van der Waals surface area contributed by atoms with Crippen LogP contribution in [0.25, 0.3) is 0 Å². The molecule has 0 N–H and O–H groups in total. The number of nitrogens with zero attached hydrogens (tertiary/aromatic N) is 1. The Bertz CT molecular complexity index is 429. The fourth-order valence-electron chi connectivity index (χ4n) is 2.87. The van der Waals surface area contributed by atoms with Crippen LogP contribution in [-0.2, 0) is 11.2 Å². The fourth-order valence-corrected chi connectivity index (χ4v) is 3.32. The highest BCUT2D eigenvalue weighted by Gasteiger charge is 2.24. The van der Waals surface area contributed by atoms with Gasteiger partial charge in [0, 0.05) is 22.9 Å². The summed E-state index contributed by atoms with van der Waals surface area (Å²) in [7, 11) is 0. The van der Waals surface area contributed by atoms with Gasteiger partial charge in [-0.05, 0) is 30.5 Å². The first-order valence-electron chi connectivity index (χ1n) is 7.30. The van der Waals surface area contributed by atoms with Crippen molar-refractivity contribution in [2.24, 2.45) is 0 Å². The maximum atomic E-state index is 12.5. The van der Waals surface area contributed by atoms with Crippen LogP contribution >= 0.6 is 27.5 Å². The molecule has 1 aromatic rings. The lowest BCUT2D eigenvalue weighted by Gasteiger charge is -2.34. The van der Waals surface area contributed by atoms with Crippen molar-refractivity contribution in [3.8, 4) is 0 Å². The summed E-state index contributed by atoms with van der Waals surface area (Å²) in [6.45, 7) is 0.668. The molecule has 0 radical (unpaired) electrons. The van der Waals surface area contributed by atoms with Crippen LogP contribution in [0.4, 0.5) is 0 Å². The third kappa shape index (κ3) is 4.49. The summed E-state index contributed by atoms with van der Waals surface area (Å²) < 4.78 is 1.04. The van der Waals surface area contributed by atoms with Gasteiger partial charge in [-0.1, -0.05) is 47.3 Å². The molecule has 0 spiro atoms. The van der Waals surface area contributed by atoms with Crippen LogP contribution in [0.5, 0.6) is 0 Å². The molecule has 1 aliphatic carbocycles. The first-order valence-corrected chi connectivity index (χ1v) is 8.63. The second-order valence-corrected chi connectivity index (χ2v) is 6.66. The molecule has 2 rings (SSSR count). The highest BCUT2D eigenvalue weighted by Crippen LogP contribution is 2.23. The molecule has 1 amide bonds. The largest absolute Gasteiger partial charge is 0.338 e. The maximum Gasteiger partial charge on any atom is 0.227 e. The molecule has 1 saturated carbocycles. The minimum absolute atomic E-state index is 0.208. The molecule has 20 heavy (non-hydrogen) atoms. The average molecular weight is 359 g/mol. The summed E-state index contributed by atoms with van der Waals surface area (Å²) >= 11 is 9.30. The van der Waals surface area contributed by atoms with E-state index in [2.05, 4.69) is 15.9 Å². The minimum Gasteiger partial charge on any atom is -0.338 e. The summed E-state index contributed by atoms with van der Waals surface area (Å²) in [6, 6.07) is 8.36. The highest BCUT2D eigenvalue weighted by atomic mass is 79.9. The van der Waals surface area contributed by atoms with Crippen molar-refractivity contribution in [1.29, 1.82) is 0 Å². The smallest absolute Gasteiger partial charge is 0.227 e. The number of alkyl halides is 1. The van der Waals surface area contributed by atoms with Crippen molar-refractivity contribution in [3.63, 3.8) is 0 Å². The number of amides is 1. The van der Waals surface area contributed by atoms with Gasteiger partial charge in [-0.3, -0.25) is 4.79 Å². The molecule has 1 aliphatic rings. The molecule has 1 fully saturated rings. The molecule has 2 nitrogen and oxygen atoms in total. The summed E-state index contributed by atoms with van der Waals surface area (Å²) in [5.41, 5.74) is 1.06. The zero-order chi connectivity index (χ0) is 14.4. The van der Waals surface area contributed by atoms with Crippen LogP contribution in [0.3, 0.4) is 0 Å². The van der Waals surface area contributed by atoms with E-state index in [1.807, 2.05) is 29.2 Å². The van der Waals surface area contributed by atoms with Gasteiger partial charge in [-0.15, -0.1) is 11.6 Å². The van der Waals surface area contributed by atoms with Crippen molar-refractivity contribution in [2.75, 3.05) is 12.4 Å². The quantitative estimate of drug-likeness (QED) is 0.715. The molecular weight excluding hydrogens is 338 g/mol. The van der Waals surface area contributed by atoms with Gasteiger partial charge in [0.1, 0.15) is 0 Å². The van der Waals surface area contributed by atoms with E-state index >= 15 is 0 Å². The van der Waals surface area contributed by atoms with Gasteiger partial charge in [0.25, 0.3) is 0 Å². The molecule has 4 heteroatoms. The van der Waals surface area contributed by atoms with E-state index < -0.39 is 0 Å². The summed E-state index contributed by atoms with van der Waals surface area (Å²) in [5.74, 6) is 0.725. The van der Waals surface area contributed by atoms with Gasteiger partial charge in [0.15, 0.2) is 0 Å². The standard InChI is InChI=1S/C16H21BrClNO/c17-14-8-6-13(7-9-14)12-16(20)19(11-10-18)15-4-2-1-3-5-15/h6-9,15H,1-5,10-12H2. The number of benzene rings is 1. The normalized spacial score (nSPS) is 16.1. The second-order valence-electron chi connectivity index (χ2n) is 5.37. The minimum atomic E-state index is 0.208. The van der Waals surface area contributed by atoms with Crippen molar-refractivity contribution in [1.82, 2.24) is 4.90 Å². The summed E-state index contributed by atoms with van der Waals surface area (Å²) in [6.07, 6.45) is 6.49. The molecule has 0 unspecified atom stereocenters. The predicted octanol–water partition coefficient (Wildman–Crippen LogP) is 4.39. The van der Waals surface area contributed by atoms with Crippen LogP contribution in [0.2, 0.25) is 0 Å². The summed E-state index contributed by atoms with van der Waals surface area (Å²) in [4.78, 5) is 14.6. The fraction of sp³-hybridized carbons (Fsp3) is 0.562. The topological polar surface area (TPSA) is 20.3 Å². The third-order valence-electron chi connectivity index (χ3n) is 3.93. The van der Waals surface area contributed by atoms with Crippen LogP contribution in [0.15, 0.2) is 28.7 Å². The number of carbonyl (C=O) groups is 1. The Kier molecular flexibility index (Phi) is 6.37. The molecule has 1 aromatic carbocycles. The van der Waals surface area contributed by atoms with Gasteiger partial charge in [0.2, 0.25) is 5.91 Å². The molecule has 0 atom stereocenters. The van der Waals surface area contributed by atoms with E-state index in [9.17, 15) is 4.79 Å². The Morgan fingerprint density at radius 2 is 1.85 bits per heavy atom. The van der Waals surface area contributed by atoms with E-state index in [1.165, 1.54) is 19.3 Å². The van der Waals surface area contributed by atoms with Crippen LogP contribution < -0.4 is 0 Å². The van der Waals surface area contributed by atoms with Gasteiger partial charge < -0.3 is 4.90 Å². The molecular formula is C16H21BrClNO. The van der Waals surface area contributed by atoms with Gasteiger partial charge >= 0.3 is 0 Å². The van der Waals surface area contributed by atoms with E-state index in [0.717, 1.165) is 22.9 Å². The molecule has 0 bridgehead atoms. The average Bonchev–Trinajstić information content (AvgIpc) is 2.48. The summed E-state index contributed by atoms with van der Waals surface area (Å²) in [5, 5.41) is 0. The number of halogens is 2. The Balaban J connectivity index is 2.00. The van der Waals surface area contributed by atoms with Crippen LogP contribution in [-0.4, -0.2) is 29.3 Å². The van der Waals surface area contributed by atoms with Gasteiger partial charge in [-0.2, -0.15) is 0 Å². The SMILES string of the molecule is O=C(Cc1ccc(Br)cc1)N(CCCl)C1CCCCC1. The van der Waals surface area contributed by atoms with E-state index in [-0.39, 0.29) is 5.91 Å². The van der Waals surface area contributed by atoms with E-state index in [1.54, 1.807) is 0 Å². The second kappa shape index (κ2) is 8.04. The zero-order valence-corrected chi connectivity index (χ0v) is 14.0. The van der Waals surface area contributed by atoms with Gasteiger partial charge in [-0.25, -0.2) is 0 Å². The number of rotatable bonds is 5. The number of hydrogen-bond acceptors (Lipinski definition) is 1. The molecule has 0 saturated heterocycles. The van der Waals surface area contributed by atoms with Crippen LogP contribution in [0.1, 0.15) is 37.7 Å². The predicted molar refractivity (Wildman–Crippen MR) is 87.2 cm³/mol. The van der Waals surface area contributed by atoms with Crippen molar-refractivity contribution >= 4 is 33.4 Å². The number of carbonyl (C=O) groups excluding carboxylic acids is 1. The van der Waals surface area contributed by atoms with Crippen molar-refractivity contribution in [2.45, 2.75) is 44.6 Å². The lowest BCUT2D eigenvalue weighted by molar-refractivity contribution is -0.133. The zero-order valence-electron chi connectivity index (χ0n) is 11.7. The lowest BCUT2D eigenvalue weighted by Crippen LogP contribution is -2.43. The van der Waals surface area contributed by atoms with E-state index in [0.29, 0.717) is 24.9 Å². The maximum absolute atomic E-state index is 12.5. The van der Waals surface area contributed by atoms with E-state index in [4.69, 9.17) is 11.6 Å². The Labute approximate surface area is 134 Å². The Hall–Kier alpha value is -0.540.